The number of esters is 1. The second kappa shape index (κ2) is 5.31. The highest BCUT2D eigenvalue weighted by Gasteiger charge is 2.14. The Morgan fingerprint density at radius 1 is 1.75 bits per heavy atom. The summed E-state index contributed by atoms with van der Waals surface area (Å²) < 4.78 is 4.21. The number of aliphatic hydroxyl groups excluding tert-OH is 1. The zero-order chi connectivity index (χ0) is 9.56. The van der Waals surface area contributed by atoms with E-state index in [2.05, 4.69) is 16.6 Å². The first-order valence-corrected chi connectivity index (χ1v) is 3.28. The van der Waals surface area contributed by atoms with E-state index in [-0.39, 0.29) is 6.54 Å². The fourth-order valence-corrected chi connectivity index (χ4v) is 0.489. The lowest BCUT2D eigenvalue weighted by Crippen LogP contribution is -2.36. The van der Waals surface area contributed by atoms with Crippen molar-refractivity contribution in [3.05, 3.63) is 12.7 Å². The Morgan fingerprint density at radius 3 is 2.75 bits per heavy atom. The highest BCUT2D eigenvalue weighted by molar-refractivity contribution is 5.87. The lowest BCUT2D eigenvalue weighted by atomic mass is 10.3. The van der Waals surface area contributed by atoms with Crippen LogP contribution in [0.2, 0.25) is 0 Å². The van der Waals surface area contributed by atoms with Crippen LogP contribution in [0.1, 0.15) is 0 Å². The Bertz CT molecular complexity index is 190. The SMILES string of the molecule is C=CC(=O)NCC(O)C(=O)OC. The quantitative estimate of drug-likeness (QED) is 0.414. The van der Waals surface area contributed by atoms with Crippen LogP contribution in [-0.2, 0) is 14.3 Å². The molecule has 0 radical (unpaired) electrons. The van der Waals surface area contributed by atoms with Crippen LogP contribution >= 0.6 is 0 Å². The number of carbonyl (C=O) groups excluding carboxylic acids is 2. The third-order valence-electron chi connectivity index (χ3n) is 1.13. The molecule has 0 aliphatic rings. The molecule has 0 spiro atoms. The van der Waals surface area contributed by atoms with Gasteiger partial charge in [-0.15, -0.1) is 0 Å². The third-order valence-corrected chi connectivity index (χ3v) is 1.13. The van der Waals surface area contributed by atoms with Crippen LogP contribution < -0.4 is 5.32 Å². The normalized spacial score (nSPS) is 11.5. The van der Waals surface area contributed by atoms with E-state index in [4.69, 9.17) is 5.11 Å². The van der Waals surface area contributed by atoms with E-state index in [1.54, 1.807) is 0 Å². The molecule has 0 saturated carbocycles. The number of carbonyl (C=O) groups is 2. The summed E-state index contributed by atoms with van der Waals surface area (Å²) in [6.45, 7) is 3.02. The van der Waals surface area contributed by atoms with Crippen LogP contribution in [0, 0.1) is 0 Å². The molecule has 0 aromatic rings. The zero-order valence-corrected chi connectivity index (χ0v) is 6.74. The van der Waals surface area contributed by atoms with Crippen LogP contribution in [0.4, 0.5) is 0 Å². The molecule has 0 heterocycles. The van der Waals surface area contributed by atoms with Gasteiger partial charge in [-0.3, -0.25) is 4.79 Å². The first-order valence-electron chi connectivity index (χ1n) is 3.28. The summed E-state index contributed by atoms with van der Waals surface area (Å²) in [7, 11) is 1.15. The highest BCUT2D eigenvalue weighted by atomic mass is 16.5. The molecular formula is C7H11NO4. The largest absolute Gasteiger partial charge is 0.467 e. The van der Waals surface area contributed by atoms with Gasteiger partial charge in [0.15, 0.2) is 6.10 Å². The predicted octanol–water partition coefficient (Wildman–Crippen LogP) is -1.18. The van der Waals surface area contributed by atoms with E-state index in [1.165, 1.54) is 0 Å². The number of methoxy groups -OCH3 is 1. The van der Waals surface area contributed by atoms with Crippen LogP contribution in [0.25, 0.3) is 0 Å². The molecule has 5 heteroatoms. The fraction of sp³-hybridized carbons (Fsp3) is 0.429. The molecule has 0 aliphatic carbocycles. The highest BCUT2D eigenvalue weighted by Crippen LogP contribution is 1.84. The van der Waals surface area contributed by atoms with Gasteiger partial charge in [0.1, 0.15) is 0 Å². The third kappa shape index (κ3) is 3.72. The van der Waals surface area contributed by atoms with Crippen molar-refractivity contribution in [3.8, 4) is 0 Å². The maximum atomic E-state index is 10.6. The van der Waals surface area contributed by atoms with Gasteiger partial charge in [-0.25, -0.2) is 4.79 Å². The van der Waals surface area contributed by atoms with Gasteiger partial charge < -0.3 is 15.2 Å². The molecule has 5 nitrogen and oxygen atoms in total. The Hall–Kier alpha value is -1.36. The van der Waals surface area contributed by atoms with Crippen molar-refractivity contribution in [1.82, 2.24) is 5.32 Å². The maximum Gasteiger partial charge on any atom is 0.336 e. The first kappa shape index (κ1) is 10.6. The Labute approximate surface area is 70.0 Å². The number of aliphatic hydroxyl groups is 1. The summed E-state index contributed by atoms with van der Waals surface area (Å²) in [5.74, 6) is -1.22. The minimum atomic E-state index is -1.32. The summed E-state index contributed by atoms with van der Waals surface area (Å²) in [4.78, 5) is 21.1. The summed E-state index contributed by atoms with van der Waals surface area (Å²) in [6.07, 6.45) is -0.275. The molecule has 0 aromatic heterocycles. The summed E-state index contributed by atoms with van der Waals surface area (Å²) in [5.41, 5.74) is 0. The average molecular weight is 173 g/mol. The molecule has 0 aromatic carbocycles. The van der Waals surface area contributed by atoms with Gasteiger partial charge in [-0.1, -0.05) is 6.58 Å². The van der Waals surface area contributed by atoms with E-state index in [0.717, 1.165) is 13.2 Å². The molecule has 0 aliphatic heterocycles. The molecule has 12 heavy (non-hydrogen) atoms. The molecular weight excluding hydrogens is 162 g/mol. The summed E-state index contributed by atoms with van der Waals surface area (Å²) >= 11 is 0. The molecule has 0 bridgehead atoms. The van der Waals surface area contributed by atoms with Crippen molar-refractivity contribution in [3.63, 3.8) is 0 Å². The summed E-state index contributed by atoms with van der Waals surface area (Å²) in [5, 5.41) is 11.2. The van der Waals surface area contributed by atoms with E-state index >= 15 is 0 Å². The molecule has 1 unspecified atom stereocenters. The minimum absolute atomic E-state index is 0.169. The van der Waals surface area contributed by atoms with E-state index in [0.29, 0.717) is 0 Å². The number of ether oxygens (including phenoxy) is 1. The minimum Gasteiger partial charge on any atom is -0.467 e. The number of hydrogen-bond donors (Lipinski definition) is 2. The van der Waals surface area contributed by atoms with Gasteiger partial charge in [0, 0.05) is 0 Å². The smallest absolute Gasteiger partial charge is 0.336 e. The zero-order valence-electron chi connectivity index (χ0n) is 6.74. The Kier molecular flexibility index (Phi) is 4.71. The lowest BCUT2D eigenvalue weighted by molar-refractivity contribution is -0.150. The number of amides is 1. The van der Waals surface area contributed by atoms with Crippen molar-refractivity contribution < 1.29 is 19.4 Å². The monoisotopic (exact) mass is 173 g/mol. The standard InChI is InChI=1S/C7H11NO4/c1-3-6(10)8-4-5(9)7(11)12-2/h3,5,9H,1,4H2,2H3,(H,8,10). The van der Waals surface area contributed by atoms with E-state index < -0.39 is 18.0 Å². The van der Waals surface area contributed by atoms with Crippen molar-refractivity contribution in [1.29, 1.82) is 0 Å². The van der Waals surface area contributed by atoms with Gasteiger partial charge in [-0.2, -0.15) is 0 Å². The second-order valence-corrected chi connectivity index (χ2v) is 1.99. The maximum absolute atomic E-state index is 10.6. The van der Waals surface area contributed by atoms with Gasteiger partial charge in [0.2, 0.25) is 5.91 Å². The van der Waals surface area contributed by atoms with Crippen molar-refractivity contribution in [2.45, 2.75) is 6.10 Å². The molecule has 0 saturated heterocycles. The lowest BCUT2D eigenvalue weighted by Gasteiger charge is -2.07. The van der Waals surface area contributed by atoms with E-state index in [1.807, 2.05) is 0 Å². The van der Waals surface area contributed by atoms with Gasteiger partial charge in [0.05, 0.1) is 13.7 Å². The van der Waals surface area contributed by atoms with Crippen LogP contribution in [0.5, 0.6) is 0 Å². The van der Waals surface area contributed by atoms with Gasteiger partial charge in [0.25, 0.3) is 0 Å². The summed E-state index contributed by atoms with van der Waals surface area (Å²) in [6, 6.07) is 0. The molecule has 1 atom stereocenters. The van der Waals surface area contributed by atoms with Crippen LogP contribution in [0.3, 0.4) is 0 Å². The van der Waals surface area contributed by atoms with Crippen LogP contribution in [0.15, 0.2) is 12.7 Å². The van der Waals surface area contributed by atoms with Gasteiger partial charge >= 0.3 is 5.97 Å². The second-order valence-electron chi connectivity index (χ2n) is 1.99. The molecule has 0 fully saturated rings. The van der Waals surface area contributed by atoms with Crippen molar-refractivity contribution in [2.24, 2.45) is 0 Å². The Balaban J connectivity index is 3.70. The molecule has 0 rings (SSSR count). The van der Waals surface area contributed by atoms with E-state index in [9.17, 15) is 9.59 Å². The average Bonchev–Trinajstić information content (AvgIpc) is 2.11. The Morgan fingerprint density at radius 2 is 2.33 bits per heavy atom. The van der Waals surface area contributed by atoms with Crippen molar-refractivity contribution in [2.75, 3.05) is 13.7 Å². The van der Waals surface area contributed by atoms with Crippen LogP contribution in [-0.4, -0.2) is 36.7 Å². The van der Waals surface area contributed by atoms with Gasteiger partial charge in [-0.05, 0) is 6.08 Å². The first-order chi connectivity index (χ1) is 5.61. The topological polar surface area (TPSA) is 75.6 Å². The fourth-order valence-electron chi connectivity index (χ4n) is 0.489. The number of nitrogens with one attached hydrogen (secondary N) is 1. The van der Waals surface area contributed by atoms with Crippen molar-refractivity contribution >= 4 is 11.9 Å². The number of rotatable bonds is 4. The predicted molar refractivity (Wildman–Crippen MR) is 41.2 cm³/mol. The number of hydrogen-bond acceptors (Lipinski definition) is 4. The molecule has 1 amide bonds. The molecule has 68 valence electrons. The molecule has 2 N–H and O–H groups in total.